The standard InChI is InChI=1S/C15H19N5O2S/c1-9(2)20-11(4)15(10(3)18-20)23(21,22)19-13-7-5-6-12-14(13)17-8-16-12/h5-9,19H,1-4H3,(H,16,17). The van der Waals surface area contributed by atoms with Gasteiger partial charge in [-0.3, -0.25) is 9.40 Å². The van der Waals surface area contributed by atoms with Crippen LogP contribution in [0.5, 0.6) is 0 Å². The number of hydrogen-bond acceptors (Lipinski definition) is 4. The summed E-state index contributed by atoms with van der Waals surface area (Å²) in [6.07, 6.45) is 1.54. The maximum Gasteiger partial charge on any atom is 0.265 e. The molecular formula is C15H19N5O2S. The highest BCUT2D eigenvalue weighted by atomic mass is 32.2. The Bertz CT molecular complexity index is 969. The molecule has 0 amide bonds. The molecule has 8 heteroatoms. The van der Waals surface area contributed by atoms with Crippen LogP contribution in [0.4, 0.5) is 5.69 Å². The van der Waals surface area contributed by atoms with Gasteiger partial charge in [-0.15, -0.1) is 0 Å². The number of imidazole rings is 1. The minimum absolute atomic E-state index is 0.0902. The van der Waals surface area contributed by atoms with Crippen molar-refractivity contribution in [3.8, 4) is 0 Å². The molecule has 0 saturated heterocycles. The Hall–Kier alpha value is -2.35. The predicted octanol–water partition coefficient (Wildman–Crippen LogP) is 2.76. The number of H-pyrrole nitrogens is 1. The van der Waals surface area contributed by atoms with Gasteiger partial charge < -0.3 is 4.98 Å². The van der Waals surface area contributed by atoms with Crippen molar-refractivity contribution < 1.29 is 8.42 Å². The summed E-state index contributed by atoms with van der Waals surface area (Å²) < 4.78 is 30.0. The Kier molecular flexibility index (Phi) is 3.63. The molecule has 0 bridgehead atoms. The summed E-state index contributed by atoms with van der Waals surface area (Å²) in [5, 5.41) is 4.35. The molecule has 2 N–H and O–H groups in total. The van der Waals surface area contributed by atoms with E-state index >= 15 is 0 Å². The average molecular weight is 333 g/mol. The number of nitrogens with zero attached hydrogens (tertiary/aromatic N) is 3. The van der Waals surface area contributed by atoms with E-state index in [-0.39, 0.29) is 10.9 Å². The normalized spacial score (nSPS) is 12.2. The first-order valence-electron chi connectivity index (χ1n) is 7.32. The molecular weight excluding hydrogens is 314 g/mol. The van der Waals surface area contributed by atoms with E-state index in [9.17, 15) is 8.42 Å². The van der Waals surface area contributed by atoms with Crippen LogP contribution in [0.2, 0.25) is 0 Å². The summed E-state index contributed by atoms with van der Waals surface area (Å²) in [6.45, 7) is 7.40. The highest BCUT2D eigenvalue weighted by Gasteiger charge is 2.26. The van der Waals surface area contributed by atoms with Gasteiger partial charge in [0.15, 0.2) is 0 Å². The van der Waals surface area contributed by atoms with Crippen LogP contribution >= 0.6 is 0 Å². The van der Waals surface area contributed by atoms with E-state index in [1.807, 2.05) is 19.9 Å². The molecule has 122 valence electrons. The number of fused-ring (bicyclic) bond motifs is 1. The Morgan fingerprint density at radius 3 is 2.65 bits per heavy atom. The van der Waals surface area contributed by atoms with Crippen molar-refractivity contribution >= 4 is 26.7 Å². The molecule has 3 rings (SSSR count). The number of hydrogen-bond donors (Lipinski definition) is 2. The molecule has 0 radical (unpaired) electrons. The summed E-state index contributed by atoms with van der Waals surface area (Å²) in [6, 6.07) is 5.40. The number of aryl methyl sites for hydroxylation is 1. The highest BCUT2D eigenvalue weighted by molar-refractivity contribution is 7.92. The molecule has 0 aliphatic carbocycles. The number of rotatable bonds is 4. The largest absolute Gasteiger partial charge is 0.345 e. The van der Waals surface area contributed by atoms with Crippen molar-refractivity contribution in [2.75, 3.05) is 4.72 Å². The summed E-state index contributed by atoms with van der Waals surface area (Å²) in [7, 11) is -3.74. The van der Waals surface area contributed by atoms with E-state index in [0.29, 0.717) is 22.6 Å². The van der Waals surface area contributed by atoms with Crippen molar-refractivity contribution in [2.45, 2.75) is 38.6 Å². The van der Waals surface area contributed by atoms with Crippen LogP contribution in [0, 0.1) is 13.8 Å². The van der Waals surface area contributed by atoms with Crippen LogP contribution in [-0.4, -0.2) is 28.2 Å². The van der Waals surface area contributed by atoms with Gasteiger partial charge in [0.25, 0.3) is 10.0 Å². The number of aromatic amines is 1. The Labute approximate surface area is 134 Å². The molecule has 0 aliphatic rings. The van der Waals surface area contributed by atoms with Crippen LogP contribution in [-0.2, 0) is 10.0 Å². The number of aromatic nitrogens is 4. The Balaban J connectivity index is 2.08. The van der Waals surface area contributed by atoms with Gasteiger partial charge in [0.1, 0.15) is 10.4 Å². The minimum atomic E-state index is -3.74. The highest BCUT2D eigenvalue weighted by Crippen LogP contribution is 2.27. The number of anilines is 1. The summed E-state index contributed by atoms with van der Waals surface area (Å²) >= 11 is 0. The minimum Gasteiger partial charge on any atom is -0.345 e. The molecule has 0 aliphatic heterocycles. The molecule has 2 aromatic heterocycles. The van der Waals surface area contributed by atoms with Crippen LogP contribution in [0.3, 0.4) is 0 Å². The summed E-state index contributed by atoms with van der Waals surface area (Å²) in [5.41, 5.74) is 2.91. The Morgan fingerprint density at radius 2 is 2.00 bits per heavy atom. The molecule has 0 spiro atoms. The summed E-state index contributed by atoms with van der Waals surface area (Å²) in [5.74, 6) is 0. The van der Waals surface area contributed by atoms with Gasteiger partial charge in [0.05, 0.1) is 28.9 Å². The van der Waals surface area contributed by atoms with Crippen molar-refractivity contribution in [3.05, 3.63) is 35.9 Å². The van der Waals surface area contributed by atoms with Gasteiger partial charge in [-0.25, -0.2) is 13.4 Å². The zero-order valence-corrected chi connectivity index (χ0v) is 14.3. The van der Waals surface area contributed by atoms with Crippen LogP contribution < -0.4 is 4.72 Å². The smallest absolute Gasteiger partial charge is 0.265 e. The lowest BCUT2D eigenvalue weighted by Gasteiger charge is -2.11. The molecule has 0 atom stereocenters. The predicted molar refractivity (Wildman–Crippen MR) is 89.0 cm³/mol. The van der Waals surface area contributed by atoms with Crippen LogP contribution in [0.25, 0.3) is 11.0 Å². The first-order valence-corrected chi connectivity index (χ1v) is 8.80. The topological polar surface area (TPSA) is 92.7 Å². The lowest BCUT2D eigenvalue weighted by atomic mass is 10.3. The summed E-state index contributed by atoms with van der Waals surface area (Å²) in [4.78, 5) is 7.36. The first-order chi connectivity index (χ1) is 10.8. The third-order valence-corrected chi connectivity index (χ3v) is 5.33. The molecule has 23 heavy (non-hydrogen) atoms. The molecule has 0 saturated carbocycles. The zero-order valence-electron chi connectivity index (χ0n) is 13.5. The van der Waals surface area contributed by atoms with E-state index in [4.69, 9.17) is 0 Å². The van der Waals surface area contributed by atoms with Gasteiger partial charge in [-0.05, 0) is 39.8 Å². The quantitative estimate of drug-likeness (QED) is 0.768. The maximum atomic E-state index is 12.8. The number of sulfonamides is 1. The molecule has 0 fully saturated rings. The lowest BCUT2D eigenvalue weighted by Crippen LogP contribution is -2.15. The third kappa shape index (κ3) is 2.59. The first kappa shape index (κ1) is 15.5. The van der Waals surface area contributed by atoms with E-state index in [1.165, 1.54) is 6.33 Å². The number of benzene rings is 1. The van der Waals surface area contributed by atoms with Gasteiger partial charge in [0, 0.05) is 6.04 Å². The molecule has 3 aromatic rings. The molecule has 7 nitrogen and oxygen atoms in total. The second-order valence-corrected chi connectivity index (χ2v) is 7.37. The van der Waals surface area contributed by atoms with Crippen molar-refractivity contribution in [3.63, 3.8) is 0 Å². The van der Waals surface area contributed by atoms with Gasteiger partial charge in [-0.2, -0.15) is 5.10 Å². The van der Waals surface area contributed by atoms with Crippen LogP contribution in [0.1, 0.15) is 31.3 Å². The number of para-hydroxylation sites is 1. The number of nitrogens with one attached hydrogen (secondary N) is 2. The van der Waals surface area contributed by atoms with Crippen molar-refractivity contribution in [1.29, 1.82) is 0 Å². The van der Waals surface area contributed by atoms with Crippen molar-refractivity contribution in [1.82, 2.24) is 19.7 Å². The fourth-order valence-corrected chi connectivity index (χ4v) is 4.25. The van der Waals surface area contributed by atoms with E-state index in [2.05, 4.69) is 19.8 Å². The van der Waals surface area contributed by atoms with E-state index < -0.39 is 10.0 Å². The molecule has 0 unspecified atom stereocenters. The fraction of sp³-hybridized carbons (Fsp3) is 0.333. The van der Waals surface area contributed by atoms with E-state index in [1.54, 1.807) is 30.7 Å². The molecule has 2 heterocycles. The monoisotopic (exact) mass is 333 g/mol. The Morgan fingerprint density at radius 1 is 1.26 bits per heavy atom. The van der Waals surface area contributed by atoms with Gasteiger partial charge in [0.2, 0.25) is 0 Å². The fourth-order valence-electron chi connectivity index (χ4n) is 2.78. The maximum absolute atomic E-state index is 12.8. The van der Waals surface area contributed by atoms with Gasteiger partial charge >= 0.3 is 0 Å². The van der Waals surface area contributed by atoms with Crippen LogP contribution in [0.15, 0.2) is 29.4 Å². The average Bonchev–Trinajstić information content (AvgIpc) is 3.03. The third-order valence-electron chi connectivity index (χ3n) is 3.71. The van der Waals surface area contributed by atoms with E-state index in [0.717, 1.165) is 5.52 Å². The second kappa shape index (κ2) is 5.38. The molecule has 1 aromatic carbocycles. The van der Waals surface area contributed by atoms with Crippen molar-refractivity contribution in [2.24, 2.45) is 0 Å². The lowest BCUT2D eigenvalue weighted by molar-refractivity contribution is 0.514. The van der Waals surface area contributed by atoms with Gasteiger partial charge in [-0.1, -0.05) is 6.07 Å². The SMILES string of the molecule is Cc1nn(C(C)C)c(C)c1S(=O)(=O)Nc1cccc2[nH]cnc12. The zero-order chi connectivity index (χ0) is 16.8. The second-order valence-electron chi connectivity index (χ2n) is 5.75.